The lowest BCUT2D eigenvalue weighted by atomic mass is 9.88. The molecule has 1 aliphatic rings. The number of alkyl halides is 1. The van der Waals surface area contributed by atoms with Gasteiger partial charge >= 0.3 is 0 Å². The van der Waals surface area contributed by atoms with Crippen molar-refractivity contribution in [3.8, 4) is 5.75 Å². The molecule has 2 rings (SSSR count). The molecule has 0 aliphatic heterocycles. The molecule has 3 heteroatoms. The zero-order chi connectivity index (χ0) is 12.3. The summed E-state index contributed by atoms with van der Waals surface area (Å²) >= 11 is 11.9. The Balaban J connectivity index is 2.07. The molecule has 0 heterocycles. The third kappa shape index (κ3) is 3.53. The van der Waals surface area contributed by atoms with Crippen LogP contribution in [0.25, 0.3) is 0 Å². The predicted octanol–water partition coefficient (Wildman–Crippen LogP) is 5.04. The molecule has 1 saturated carbocycles. The van der Waals surface area contributed by atoms with Crippen molar-refractivity contribution < 1.29 is 4.74 Å². The molecular weight excluding hydrogens is 255 g/mol. The van der Waals surface area contributed by atoms with Crippen molar-refractivity contribution in [2.45, 2.75) is 44.6 Å². The first kappa shape index (κ1) is 13.0. The van der Waals surface area contributed by atoms with E-state index >= 15 is 0 Å². The van der Waals surface area contributed by atoms with E-state index in [1.54, 1.807) is 0 Å². The van der Waals surface area contributed by atoms with Crippen molar-refractivity contribution in [2.24, 2.45) is 5.92 Å². The van der Waals surface area contributed by atoms with Crippen LogP contribution in [0.4, 0.5) is 0 Å². The average Bonchev–Trinajstić information content (AvgIpc) is 2.31. The minimum atomic E-state index is 0.335. The van der Waals surface area contributed by atoms with Gasteiger partial charge in [-0.1, -0.05) is 24.9 Å². The number of rotatable bonds is 3. The Morgan fingerprint density at radius 3 is 2.88 bits per heavy atom. The fourth-order valence-corrected chi connectivity index (χ4v) is 2.84. The number of hydrogen-bond acceptors (Lipinski definition) is 1. The summed E-state index contributed by atoms with van der Waals surface area (Å²) in [5.41, 5.74) is 0.984. The summed E-state index contributed by atoms with van der Waals surface area (Å²) in [6.07, 6.45) is 5.21. The molecule has 0 saturated heterocycles. The summed E-state index contributed by atoms with van der Waals surface area (Å²) in [6.45, 7) is 2.29. The second kappa shape index (κ2) is 5.97. The summed E-state index contributed by atoms with van der Waals surface area (Å²) in [7, 11) is 0. The zero-order valence-electron chi connectivity index (χ0n) is 10.1. The third-order valence-corrected chi connectivity index (χ3v) is 3.87. The van der Waals surface area contributed by atoms with Crippen LogP contribution in [-0.2, 0) is 5.88 Å². The summed E-state index contributed by atoms with van der Waals surface area (Å²) in [6, 6.07) is 5.68. The van der Waals surface area contributed by atoms with Gasteiger partial charge in [0.15, 0.2) is 0 Å². The van der Waals surface area contributed by atoms with Crippen LogP contribution in [0.5, 0.6) is 5.75 Å². The Kier molecular flexibility index (Phi) is 4.58. The molecule has 1 nitrogen and oxygen atoms in total. The number of halogens is 2. The SMILES string of the molecule is CC1CCCC(Oc2ccc(Cl)cc2CCl)C1. The van der Waals surface area contributed by atoms with E-state index in [1.807, 2.05) is 18.2 Å². The Morgan fingerprint density at radius 1 is 1.35 bits per heavy atom. The highest BCUT2D eigenvalue weighted by Gasteiger charge is 2.21. The van der Waals surface area contributed by atoms with Crippen molar-refractivity contribution >= 4 is 23.2 Å². The minimum absolute atomic E-state index is 0.335. The highest BCUT2D eigenvalue weighted by Crippen LogP contribution is 2.30. The monoisotopic (exact) mass is 272 g/mol. The fourth-order valence-electron chi connectivity index (χ4n) is 2.43. The summed E-state index contributed by atoms with van der Waals surface area (Å²) in [5, 5.41) is 0.713. The lowest BCUT2D eigenvalue weighted by Crippen LogP contribution is -2.24. The van der Waals surface area contributed by atoms with Crippen LogP contribution in [0, 0.1) is 5.92 Å². The van der Waals surface area contributed by atoms with Gasteiger partial charge in [-0.2, -0.15) is 0 Å². The quantitative estimate of drug-likeness (QED) is 0.701. The van der Waals surface area contributed by atoms with Gasteiger partial charge in [0.1, 0.15) is 5.75 Å². The second-order valence-corrected chi connectivity index (χ2v) is 5.60. The van der Waals surface area contributed by atoms with E-state index in [2.05, 4.69) is 6.92 Å². The number of benzene rings is 1. The van der Waals surface area contributed by atoms with E-state index < -0.39 is 0 Å². The Hall–Kier alpha value is -0.400. The molecule has 1 aromatic carbocycles. The summed E-state index contributed by atoms with van der Waals surface area (Å²) in [4.78, 5) is 0. The Labute approximate surface area is 113 Å². The predicted molar refractivity (Wildman–Crippen MR) is 73.1 cm³/mol. The first-order valence-corrected chi connectivity index (χ1v) is 7.11. The van der Waals surface area contributed by atoms with Crippen LogP contribution >= 0.6 is 23.2 Å². The highest BCUT2D eigenvalue weighted by atomic mass is 35.5. The van der Waals surface area contributed by atoms with Crippen LogP contribution in [0.1, 0.15) is 38.2 Å². The molecule has 0 amide bonds. The maximum Gasteiger partial charge on any atom is 0.124 e. The lowest BCUT2D eigenvalue weighted by Gasteiger charge is -2.28. The van der Waals surface area contributed by atoms with Gasteiger partial charge in [0.05, 0.1) is 12.0 Å². The van der Waals surface area contributed by atoms with E-state index in [9.17, 15) is 0 Å². The number of hydrogen-bond donors (Lipinski definition) is 0. The van der Waals surface area contributed by atoms with Gasteiger partial charge in [-0.3, -0.25) is 0 Å². The smallest absolute Gasteiger partial charge is 0.124 e. The summed E-state index contributed by atoms with van der Waals surface area (Å²) in [5.74, 6) is 2.10. The molecule has 0 bridgehead atoms. The molecule has 94 valence electrons. The van der Waals surface area contributed by atoms with E-state index in [0.717, 1.165) is 30.1 Å². The van der Waals surface area contributed by atoms with Gasteiger partial charge in [-0.05, 0) is 43.4 Å². The number of ether oxygens (including phenoxy) is 1. The molecule has 0 aromatic heterocycles. The highest BCUT2D eigenvalue weighted by molar-refractivity contribution is 6.30. The second-order valence-electron chi connectivity index (χ2n) is 4.90. The Bertz CT molecular complexity index is 378. The molecule has 2 atom stereocenters. The van der Waals surface area contributed by atoms with Gasteiger partial charge in [0.2, 0.25) is 0 Å². The van der Waals surface area contributed by atoms with Crippen LogP contribution in [0.2, 0.25) is 5.02 Å². The molecule has 0 N–H and O–H groups in total. The first-order chi connectivity index (χ1) is 8.19. The van der Waals surface area contributed by atoms with Crippen molar-refractivity contribution in [3.63, 3.8) is 0 Å². The van der Waals surface area contributed by atoms with Crippen LogP contribution in [0.15, 0.2) is 18.2 Å². The molecule has 1 fully saturated rings. The lowest BCUT2D eigenvalue weighted by molar-refractivity contribution is 0.128. The fraction of sp³-hybridized carbons (Fsp3) is 0.571. The first-order valence-electron chi connectivity index (χ1n) is 6.20. The van der Waals surface area contributed by atoms with Crippen molar-refractivity contribution in [2.75, 3.05) is 0 Å². The van der Waals surface area contributed by atoms with E-state index in [-0.39, 0.29) is 0 Å². The van der Waals surface area contributed by atoms with Gasteiger partial charge in [0, 0.05) is 10.6 Å². The molecular formula is C14H18Cl2O. The maximum atomic E-state index is 6.06. The maximum absolute atomic E-state index is 6.06. The minimum Gasteiger partial charge on any atom is -0.490 e. The van der Waals surface area contributed by atoms with Crippen LogP contribution in [0.3, 0.4) is 0 Å². The molecule has 0 radical (unpaired) electrons. The summed E-state index contributed by atoms with van der Waals surface area (Å²) < 4.78 is 6.06. The van der Waals surface area contributed by atoms with Crippen molar-refractivity contribution in [3.05, 3.63) is 28.8 Å². The Morgan fingerprint density at radius 2 is 2.18 bits per heavy atom. The van der Waals surface area contributed by atoms with Gasteiger partial charge in [-0.15, -0.1) is 11.6 Å². The largest absolute Gasteiger partial charge is 0.490 e. The molecule has 17 heavy (non-hydrogen) atoms. The van der Waals surface area contributed by atoms with E-state index in [1.165, 1.54) is 12.8 Å². The zero-order valence-corrected chi connectivity index (χ0v) is 11.6. The van der Waals surface area contributed by atoms with Gasteiger partial charge < -0.3 is 4.74 Å². The van der Waals surface area contributed by atoms with E-state index in [0.29, 0.717) is 17.0 Å². The molecule has 1 aliphatic carbocycles. The molecule has 1 aromatic rings. The van der Waals surface area contributed by atoms with Gasteiger partial charge in [0.25, 0.3) is 0 Å². The third-order valence-electron chi connectivity index (χ3n) is 3.35. The standard InChI is InChI=1S/C14H18Cl2O/c1-10-3-2-4-13(7-10)17-14-6-5-12(16)8-11(14)9-15/h5-6,8,10,13H,2-4,7,9H2,1H3. The molecule has 0 spiro atoms. The van der Waals surface area contributed by atoms with Gasteiger partial charge in [-0.25, -0.2) is 0 Å². The van der Waals surface area contributed by atoms with Crippen molar-refractivity contribution in [1.82, 2.24) is 0 Å². The van der Waals surface area contributed by atoms with E-state index in [4.69, 9.17) is 27.9 Å². The van der Waals surface area contributed by atoms with Crippen molar-refractivity contribution in [1.29, 1.82) is 0 Å². The van der Waals surface area contributed by atoms with Crippen LogP contribution in [-0.4, -0.2) is 6.10 Å². The topological polar surface area (TPSA) is 9.23 Å². The normalized spacial score (nSPS) is 24.6. The molecule has 2 unspecified atom stereocenters. The average molecular weight is 273 g/mol. The van der Waals surface area contributed by atoms with Crippen LogP contribution < -0.4 is 4.74 Å².